The number of nitrogen functional groups attached to an aromatic ring is 2. The average molecular weight is 450 g/mol. The van der Waals surface area contributed by atoms with Gasteiger partial charge in [-0.2, -0.15) is 9.97 Å². The van der Waals surface area contributed by atoms with E-state index in [4.69, 9.17) is 39.7 Å². The predicted octanol–water partition coefficient (Wildman–Crippen LogP) is 1.37. The van der Waals surface area contributed by atoms with Gasteiger partial charge in [0.25, 0.3) is 5.56 Å². The summed E-state index contributed by atoms with van der Waals surface area (Å²) in [7, 11) is 0. The molecule has 0 bridgehead atoms. The van der Waals surface area contributed by atoms with Crippen molar-refractivity contribution in [3.8, 4) is 0 Å². The molecular formula is C18H21Cl2N9O. The van der Waals surface area contributed by atoms with Crippen LogP contribution in [-0.4, -0.2) is 45.8 Å². The molecule has 2 aromatic heterocycles. The Morgan fingerprint density at radius 2 is 1.90 bits per heavy atom. The minimum Gasteiger partial charge on any atom is -0.382 e. The maximum atomic E-state index is 13.5. The zero-order valence-electron chi connectivity index (χ0n) is 16.2. The van der Waals surface area contributed by atoms with Gasteiger partial charge in [0.05, 0.1) is 22.0 Å². The minimum absolute atomic E-state index is 0.00986. The lowest BCUT2D eigenvalue weighted by atomic mass is 10.2. The molecule has 1 aromatic carbocycles. The molecule has 1 fully saturated rings. The molecule has 12 heteroatoms. The van der Waals surface area contributed by atoms with E-state index in [1.165, 1.54) is 0 Å². The summed E-state index contributed by atoms with van der Waals surface area (Å²) in [6.07, 6.45) is 0. The molecule has 3 heterocycles. The first kappa shape index (κ1) is 20.5. The van der Waals surface area contributed by atoms with Crippen LogP contribution in [0.25, 0.3) is 10.9 Å². The quantitative estimate of drug-likeness (QED) is 0.464. The van der Waals surface area contributed by atoms with Crippen molar-refractivity contribution >= 4 is 51.7 Å². The summed E-state index contributed by atoms with van der Waals surface area (Å²) < 4.78 is 1.58. The van der Waals surface area contributed by atoms with E-state index >= 15 is 0 Å². The third-order valence-electron chi connectivity index (χ3n) is 4.86. The fourth-order valence-corrected chi connectivity index (χ4v) is 3.84. The number of nitrogens with one attached hydrogen (secondary N) is 2. The number of rotatable bonds is 4. The van der Waals surface area contributed by atoms with Gasteiger partial charge in [-0.05, 0) is 19.1 Å². The van der Waals surface area contributed by atoms with Crippen LogP contribution in [0, 0.1) is 0 Å². The molecule has 0 spiro atoms. The lowest BCUT2D eigenvalue weighted by Gasteiger charge is -2.33. The second-order valence-electron chi connectivity index (χ2n) is 6.92. The topological polar surface area (TPSA) is 140 Å². The molecule has 1 aliphatic heterocycles. The van der Waals surface area contributed by atoms with Crippen molar-refractivity contribution in [1.29, 1.82) is 0 Å². The smallest absolute Gasteiger partial charge is 0.281 e. The Kier molecular flexibility index (Phi) is 5.54. The highest BCUT2D eigenvalue weighted by Gasteiger charge is 2.24. The summed E-state index contributed by atoms with van der Waals surface area (Å²) in [5, 5.41) is 9.27. The first-order valence-electron chi connectivity index (χ1n) is 9.39. The monoisotopic (exact) mass is 449 g/mol. The van der Waals surface area contributed by atoms with Gasteiger partial charge >= 0.3 is 0 Å². The second-order valence-corrected chi connectivity index (χ2v) is 7.71. The molecule has 0 radical (unpaired) electrons. The summed E-state index contributed by atoms with van der Waals surface area (Å²) in [5.41, 5.74) is 11.8. The number of aromatic nitrogens is 4. The summed E-state index contributed by atoms with van der Waals surface area (Å²) in [4.78, 5) is 26.2. The summed E-state index contributed by atoms with van der Waals surface area (Å²) >= 11 is 12.6. The molecule has 1 saturated heterocycles. The number of nitrogens with zero attached hydrogens (tertiary/aromatic N) is 5. The second kappa shape index (κ2) is 8.13. The molecule has 1 unspecified atom stereocenters. The highest BCUT2D eigenvalue weighted by Crippen LogP contribution is 2.29. The van der Waals surface area contributed by atoms with E-state index in [0.717, 1.165) is 13.1 Å². The molecule has 3 aromatic rings. The van der Waals surface area contributed by atoms with E-state index in [1.54, 1.807) is 22.9 Å². The molecule has 0 aliphatic carbocycles. The van der Waals surface area contributed by atoms with Gasteiger partial charge in [0.1, 0.15) is 10.8 Å². The minimum atomic E-state index is -0.456. The first-order valence-corrected chi connectivity index (χ1v) is 10.1. The standard InChI is InChI=1S/C18H21Cl2N9O/c1-9(24-15-13(20)14(21)26-18(22)27-15)16-25-11-4-2-3-10(19)12(11)17(30)29(16)28-7-5-23-6-8-28/h2-4,9,23H,5-8H2,1H3,(H5,21,22,24,26,27). The molecule has 4 rings (SSSR count). The number of halogens is 2. The van der Waals surface area contributed by atoms with Gasteiger partial charge in [-0.3, -0.25) is 4.79 Å². The lowest BCUT2D eigenvalue weighted by Crippen LogP contribution is -2.54. The lowest BCUT2D eigenvalue weighted by molar-refractivity contribution is 0.461. The third kappa shape index (κ3) is 3.69. The van der Waals surface area contributed by atoms with Crippen LogP contribution in [0.2, 0.25) is 10.0 Å². The van der Waals surface area contributed by atoms with Crippen molar-refractivity contribution in [3.05, 3.63) is 44.4 Å². The fraction of sp³-hybridized carbons (Fsp3) is 0.333. The number of nitrogens with two attached hydrogens (primary N) is 2. The van der Waals surface area contributed by atoms with E-state index in [1.807, 2.05) is 11.9 Å². The Balaban J connectivity index is 1.85. The van der Waals surface area contributed by atoms with Crippen LogP contribution in [0.5, 0.6) is 0 Å². The maximum Gasteiger partial charge on any atom is 0.281 e. The fourth-order valence-electron chi connectivity index (χ4n) is 3.45. The largest absolute Gasteiger partial charge is 0.382 e. The van der Waals surface area contributed by atoms with Gasteiger partial charge in [0.15, 0.2) is 11.6 Å². The Morgan fingerprint density at radius 3 is 2.63 bits per heavy atom. The first-order chi connectivity index (χ1) is 14.4. The number of hydrogen-bond acceptors (Lipinski definition) is 9. The van der Waals surface area contributed by atoms with E-state index in [9.17, 15) is 4.79 Å². The van der Waals surface area contributed by atoms with Crippen LogP contribution in [0.15, 0.2) is 23.0 Å². The molecule has 158 valence electrons. The van der Waals surface area contributed by atoms with E-state index < -0.39 is 6.04 Å². The van der Waals surface area contributed by atoms with Crippen molar-refractivity contribution < 1.29 is 0 Å². The number of piperazine rings is 1. The zero-order valence-corrected chi connectivity index (χ0v) is 17.7. The van der Waals surface area contributed by atoms with E-state index in [2.05, 4.69) is 20.6 Å². The van der Waals surface area contributed by atoms with Crippen LogP contribution in [-0.2, 0) is 0 Å². The van der Waals surface area contributed by atoms with Crippen LogP contribution < -0.4 is 32.7 Å². The molecule has 10 nitrogen and oxygen atoms in total. The maximum absolute atomic E-state index is 13.5. The Bertz CT molecular complexity index is 1160. The Hall–Kier alpha value is -2.82. The molecule has 0 saturated carbocycles. The number of benzene rings is 1. The Morgan fingerprint density at radius 1 is 1.17 bits per heavy atom. The molecule has 1 atom stereocenters. The molecule has 0 amide bonds. The van der Waals surface area contributed by atoms with E-state index in [0.29, 0.717) is 34.8 Å². The highest BCUT2D eigenvalue weighted by molar-refractivity contribution is 6.35. The SMILES string of the molecule is CC(Nc1nc(N)nc(N)c1Cl)c1nc2cccc(Cl)c2c(=O)n1N1CCNCC1. The van der Waals surface area contributed by atoms with Crippen molar-refractivity contribution in [2.24, 2.45) is 0 Å². The number of anilines is 3. The van der Waals surface area contributed by atoms with Gasteiger partial charge in [-0.25, -0.2) is 9.66 Å². The number of fused-ring (bicyclic) bond motifs is 1. The normalized spacial score (nSPS) is 15.4. The average Bonchev–Trinajstić information content (AvgIpc) is 2.72. The van der Waals surface area contributed by atoms with Gasteiger partial charge in [-0.15, -0.1) is 0 Å². The van der Waals surface area contributed by atoms with Crippen LogP contribution in [0.4, 0.5) is 17.6 Å². The number of hydrogen-bond donors (Lipinski definition) is 4. The predicted molar refractivity (Wildman–Crippen MR) is 120 cm³/mol. The van der Waals surface area contributed by atoms with E-state index in [-0.39, 0.29) is 28.2 Å². The Labute approximate surface area is 182 Å². The van der Waals surface area contributed by atoms with Crippen LogP contribution in [0.3, 0.4) is 0 Å². The van der Waals surface area contributed by atoms with Gasteiger partial charge < -0.3 is 27.1 Å². The van der Waals surface area contributed by atoms with Crippen molar-refractivity contribution in [2.45, 2.75) is 13.0 Å². The summed E-state index contributed by atoms with van der Waals surface area (Å²) in [6.45, 7) is 4.64. The molecule has 1 aliphatic rings. The zero-order chi connectivity index (χ0) is 21.4. The summed E-state index contributed by atoms with van der Waals surface area (Å²) in [5.74, 6) is 0.811. The van der Waals surface area contributed by atoms with Crippen molar-refractivity contribution in [3.63, 3.8) is 0 Å². The summed E-state index contributed by atoms with van der Waals surface area (Å²) in [6, 6.07) is 4.75. The van der Waals surface area contributed by atoms with Crippen LogP contribution >= 0.6 is 23.2 Å². The van der Waals surface area contributed by atoms with Gasteiger partial charge in [0.2, 0.25) is 5.95 Å². The highest BCUT2D eigenvalue weighted by atomic mass is 35.5. The van der Waals surface area contributed by atoms with Crippen molar-refractivity contribution in [2.75, 3.05) is 48.0 Å². The molecule has 6 N–H and O–H groups in total. The van der Waals surface area contributed by atoms with Crippen molar-refractivity contribution in [1.82, 2.24) is 24.9 Å². The van der Waals surface area contributed by atoms with Gasteiger partial charge in [-0.1, -0.05) is 29.3 Å². The van der Waals surface area contributed by atoms with Gasteiger partial charge in [0, 0.05) is 26.2 Å². The molecule has 30 heavy (non-hydrogen) atoms. The third-order valence-corrected chi connectivity index (χ3v) is 5.55. The molecular weight excluding hydrogens is 429 g/mol. The van der Waals surface area contributed by atoms with Crippen LogP contribution in [0.1, 0.15) is 18.8 Å².